The van der Waals surface area contributed by atoms with Crippen molar-refractivity contribution in [3.63, 3.8) is 0 Å². The standard InChI is InChI=1S/C47H41N3O10/c1-26(22-29-8-14-35(51)15-9-29)40(52)23-30-4-10-32(11-5-30)42(54)25-34(20-21-48)41(53)24-31-6-12-33(13-7-31)45(57)49-38-18-16-36(43(55)27(38)2)46(58)50-39-19-17-37(47(59)60)44(56)28(39)3/h4-19,22,34,51,55-56H,20,23-25H2,1-3H3,(H,49,57)(H,50,58)(H,59,60)/b26-22+. The molecule has 1 unspecified atom stereocenters. The number of carboxylic acids is 1. The predicted octanol–water partition coefficient (Wildman–Crippen LogP) is 7.75. The van der Waals surface area contributed by atoms with Crippen molar-refractivity contribution < 1.29 is 49.2 Å². The molecular formula is C47H41N3O10. The van der Waals surface area contributed by atoms with Gasteiger partial charge in [0.05, 0.1) is 11.6 Å². The van der Waals surface area contributed by atoms with Crippen LogP contribution in [0.4, 0.5) is 11.4 Å². The number of allylic oxidation sites excluding steroid dienone is 1. The van der Waals surface area contributed by atoms with Gasteiger partial charge >= 0.3 is 5.97 Å². The molecule has 0 saturated heterocycles. The number of benzene rings is 5. The van der Waals surface area contributed by atoms with Crippen LogP contribution in [0.1, 0.15) is 89.0 Å². The van der Waals surface area contributed by atoms with E-state index in [9.17, 15) is 54.5 Å². The summed E-state index contributed by atoms with van der Waals surface area (Å²) in [5.41, 5.74) is 3.33. The summed E-state index contributed by atoms with van der Waals surface area (Å²) in [5.74, 6) is -5.02. The number of nitrogens with zero attached hydrogens (tertiary/aromatic N) is 1. The molecule has 0 spiro atoms. The monoisotopic (exact) mass is 807 g/mol. The van der Waals surface area contributed by atoms with E-state index in [1.807, 2.05) is 6.07 Å². The van der Waals surface area contributed by atoms with Crippen molar-refractivity contribution in [3.05, 3.63) is 153 Å². The lowest BCUT2D eigenvalue weighted by atomic mass is 9.89. The van der Waals surface area contributed by atoms with Crippen molar-refractivity contribution in [1.29, 1.82) is 5.26 Å². The number of aromatic carboxylic acids is 1. The Morgan fingerprint density at radius 1 is 0.667 bits per heavy atom. The molecule has 0 aromatic heterocycles. The number of rotatable bonds is 16. The van der Waals surface area contributed by atoms with Crippen LogP contribution in [0.5, 0.6) is 17.2 Å². The highest BCUT2D eigenvalue weighted by Gasteiger charge is 2.24. The molecule has 5 rings (SSSR count). The first-order valence-corrected chi connectivity index (χ1v) is 18.7. The summed E-state index contributed by atoms with van der Waals surface area (Å²) in [4.78, 5) is 76.7. The fourth-order valence-electron chi connectivity index (χ4n) is 6.32. The number of phenols is 3. The number of hydrogen-bond acceptors (Lipinski definition) is 10. The van der Waals surface area contributed by atoms with Crippen molar-refractivity contribution >= 4 is 52.6 Å². The maximum Gasteiger partial charge on any atom is 0.339 e. The van der Waals surface area contributed by atoms with Crippen LogP contribution in [0.2, 0.25) is 0 Å². The molecule has 0 heterocycles. The maximum absolute atomic E-state index is 13.3. The van der Waals surface area contributed by atoms with Gasteiger partial charge in [-0.15, -0.1) is 0 Å². The lowest BCUT2D eigenvalue weighted by Crippen LogP contribution is -2.20. The lowest BCUT2D eigenvalue weighted by Gasteiger charge is -2.15. The van der Waals surface area contributed by atoms with Gasteiger partial charge < -0.3 is 31.1 Å². The van der Waals surface area contributed by atoms with Crippen molar-refractivity contribution in [1.82, 2.24) is 0 Å². The average molecular weight is 808 g/mol. The van der Waals surface area contributed by atoms with Crippen LogP contribution in [0.25, 0.3) is 6.08 Å². The highest BCUT2D eigenvalue weighted by Crippen LogP contribution is 2.33. The Kier molecular flexibility index (Phi) is 13.7. The van der Waals surface area contributed by atoms with Gasteiger partial charge in [0.1, 0.15) is 28.6 Å². The molecule has 0 saturated carbocycles. The number of carbonyl (C=O) groups is 6. The summed E-state index contributed by atoms with van der Waals surface area (Å²) in [6.45, 7) is 4.63. The lowest BCUT2D eigenvalue weighted by molar-refractivity contribution is -0.122. The number of Topliss-reactive ketones (excluding diaryl/α,β-unsaturated/α-hetero) is 3. The van der Waals surface area contributed by atoms with Gasteiger partial charge in [0.2, 0.25) is 0 Å². The van der Waals surface area contributed by atoms with E-state index >= 15 is 0 Å². The number of amides is 2. The van der Waals surface area contributed by atoms with Crippen molar-refractivity contribution in [2.75, 3.05) is 10.6 Å². The molecule has 13 heteroatoms. The molecule has 6 N–H and O–H groups in total. The van der Waals surface area contributed by atoms with Gasteiger partial charge in [-0.05, 0) is 97.6 Å². The Balaban J connectivity index is 1.16. The minimum absolute atomic E-state index is 0.0844. The van der Waals surface area contributed by atoms with Crippen molar-refractivity contribution in [2.45, 2.75) is 46.5 Å². The van der Waals surface area contributed by atoms with Crippen LogP contribution >= 0.6 is 0 Å². The fourth-order valence-corrected chi connectivity index (χ4v) is 6.32. The van der Waals surface area contributed by atoms with Gasteiger partial charge in [-0.2, -0.15) is 5.26 Å². The first-order chi connectivity index (χ1) is 28.6. The molecule has 5 aromatic rings. The second-order valence-electron chi connectivity index (χ2n) is 14.2. The van der Waals surface area contributed by atoms with E-state index in [1.54, 1.807) is 61.5 Å². The van der Waals surface area contributed by atoms with E-state index < -0.39 is 35.2 Å². The molecule has 0 bridgehead atoms. The highest BCUT2D eigenvalue weighted by molar-refractivity contribution is 6.09. The fraction of sp³-hybridized carbons (Fsp3) is 0.170. The van der Waals surface area contributed by atoms with Crippen LogP contribution in [-0.2, 0) is 22.4 Å². The van der Waals surface area contributed by atoms with Gasteiger partial charge in [0.25, 0.3) is 11.8 Å². The van der Waals surface area contributed by atoms with E-state index in [0.717, 1.165) is 11.6 Å². The van der Waals surface area contributed by atoms with Crippen LogP contribution < -0.4 is 10.6 Å². The minimum Gasteiger partial charge on any atom is -0.508 e. The second-order valence-corrected chi connectivity index (χ2v) is 14.2. The van der Waals surface area contributed by atoms with E-state index in [0.29, 0.717) is 22.3 Å². The molecule has 1 atom stereocenters. The molecule has 60 heavy (non-hydrogen) atoms. The van der Waals surface area contributed by atoms with Crippen LogP contribution in [0.15, 0.2) is 103 Å². The van der Waals surface area contributed by atoms with Gasteiger partial charge in [-0.25, -0.2) is 4.79 Å². The number of anilines is 2. The summed E-state index contributed by atoms with van der Waals surface area (Å²) >= 11 is 0. The first-order valence-electron chi connectivity index (χ1n) is 18.7. The summed E-state index contributed by atoms with van der Waals surface area (Å²) in [5, 5.41) is 54.4. The maximum atomic E-state index is 13.3. The highest BCUT2D eigenvalue weighted by atomic mass is 16.4. The third-order valence-electron chi connectivity index (χ3n) is 10.0. The average Bonchev–Trinajstić information content (AvgIpc) is 3.22. The largest absolute Gasteiger partial charge is 0.508 e. The zero-order chi connectivity index (χ0) is 43.7. The molecule has 0 aliphatic rings. The number of nitriles is 1. The quantitative estimate of drug-likeness (QED) is 0.0417. The minimum atomic E-state index is -1.34. The second kappa shape index (κ2) is 19.1. The number of carboxylic acid groups (broad SMARTS) is 1. The molecule has 0 fully saturated rings. The smallest absolute Gasteiger partial charge is 0.339 e. The summed E-state index contributed by atoms with van der Waals surface area (Å²) in [7, 11) is 0. The Bertz CT molecular complexity index is 2570. The zero-order valence-corrected chi connectivity index (χ0v) is 32.9. The third kappa shape index (κ3) is 10.6. The van der Waals surface area contributed by atoms with Crippen molar-refractivity contribution in [2.24, 2.45) is 5.92 Å². The van der Waals surface area contributed by atoms with E-state index in [-0.39, 0.29) is 88.0 Å². The van der Waals surface area contributed by atoms with E-state index in [4.69, 9.17) is 0 Å². The van der Waals surface area contributed by atoms with E-state index in [1.165, 1.54) is 56.3 Å². The Hall–Kier alpha value is -7.85. The SMILES string of the molecule is C/C(=C\c1ccc(O)cc1)C(=O)Cc1ccc(C(=O)CC(CC#N)C(=O)Cc2ccc(C(=O)Nc3ccc(C(=O)Nc4ccc(C(=O)O)c(O)c4C)c(O)c3C)cc2)cc1. The number of hydrogen-bond donors (Lipinski definition) is 6. The van der Waals surface area contributed by atoms with Gasteiger partial charge in [0.15, 0.2) is 11.6 Å². The molecule has 5 aromatic carbocycles. The number of aromatic hydroxyl groups is 3. The number of carbonyl (C=O) groups excluding carboxylic acids is 5. The van der Waals surface area contributed by atoms with Crippen molar-refractivity contribution in [3.8, 4) is 23.3 Å². The predicted molar refractivity (Wildman–Crippen MR) is 223 cm³/mol. The van der Waals surface area contributed by atoms with Gasteiger partial charge in [-0.3, -0.25) is 24.0 Å². The Morgan fingerprint density at radius 3 is 1.75 bits per heavy atom. The summed E-state index contributed by atoms with van der Waals surface area (Å²) in [6, 6.07) is 26.4. The third-order valence-corrected chi connectivity index (χ3v) is 10.0. The molecule has 0 aliphatic carbocycles. The van der Waals surface area contributed by atoms with Crippen LogP contribution in [0, 0.1) is 31.1 Å². The molecule has 0 radical (unpaired) electrons. The normalized spacial score (nSPS) is 11.5. The molecule has 0 aliphatic heterocycles. The first kappa shape index (κ1) is 43.3. The summed E-state index contributed by atoms with van der Waals surface area (Å²) in [6.07, 6.45) is 1.41. The topological polar surface area (TPSA) is 231 Å². The van der Waals surface area contributed by atoms with Gasteiger partial charge in [0, 0.05) is 65.2 Å². The Labute approximate surface area is 345 Å². The number of phenolic OH excluding ortho intramolecular Hbond substituents is 2. The van der Waals surface area contributed by atoms with Crippen LogP contribution in [0.3, 0.4) is 0 Å². The number of ketones is 3. The summed E-state index contributed by atoms with van der Waals surface area (Å²) < 4.78 is 0. The number of nitrogens with one attached hydrogen (secondary N) is 2. The Morgan fingerprint density at radius 2 is 1.18 bits per heavy atom. The zero-order valence-electron chi connectivity index (χ0n) is 32.9. The molecular weight excluding hydrogens is 767 g/mol. The molecule has 304 valence electrons. The molecule has 13 nitrogen and oxygen atoms in total. The van der Waals surface area contributed by atoms with E-state index in [2.05, 4.69) is 10.6 Å². The van der Waals surface area contributed by atoms with Crippen LogP contribution in [-0.4, -0.2) is 55.6 Å². The molecule has 2 amide bonds. The van der Waals surface area contributed by atoms with Gasteiger partial charge in [-0.1, -0.05) is 48.5 Å².